The van der Waals surface area contributed by atoms with Crippen LogP contribution in [0.2, 0.25) is 0 Å². The van der Waals surface area contributed by atoms with Crippen LogP contribution in [0.3, 0.4) is 0 Å². The van der Waals surface area contributed by atoms with Crippen LogP contribution in [0.4, 0.5) is 0 Å². The molecule has 0 N–H and O–H groups in total. The standard InChI is InChI=1S/C27H28N2/c1-21-12-4-6-14-24(21)26-16-8-10-18-28(26)20-23(3)29-19-11-9-17-27(29)25-15-7-5-13-22(25)2/h4-19,23H,20H2,1-3H3/q+2. The Morgan fingerprint density at radius 1 is 0.621 bits per heavy atom. The first-order chi connectivity index (χ1) is 14.1. The third-order valence-electron chi connectivity index (χ3n) is 5.61. The highest BCUT2D eigenvalue weighted by atomic mass is 15.1. The van der Waals surface area contributed by atoms with Gasteiger partial charge in [0.05, 0.1) is 0 Å². The van der Waals surface area contributed by atoms with Crippen molar-refractivity contribution in [2.24, 2.45) is 0 Å². The molecule has 2 aromatic heterocycles. The number of aryl methyl sites for hydroxylation is 2. The number of pyridine rings is 2. The molecule has 4 rings (SSSR count). The maximum Gasteiger partial charge on any atom is 0.214 e. The van der Waals surface area contributed by atoms with Gasteiger partial charge in [-0.3, -0.25) is 0 Å². The van der Waals surface area contributed by atoms with Crippen LogP contribution in [0.25, 0.3) is 22.5 Å². The Labute approximate surface area is 173 Å². The maximum atomic E-state index is 2.39. The predicted molar refractivity (Wildman–Crippen MR) is 118 cm³/mol. The summed E-state index contributed by atoms with van der Waals surface area (Å²) in [5.41, 5.74) is 7.69. The second kappa shape index (κ2) is 8.40. The summed E-state index contributed by atoms with van der Waals surface area (Å²) < 4.78 is 4.76. The Kier molecular flexibility index (Phi) is 5.53. The van der Waals surface area contributed by atoms with E-state index >= 15 is 0 Å². The van der Waals surface area contributed by atoms with Gasteiger partial charge in [0.2, 0.25) is 24.0 Å². The number of rotatable bonds is 5. The molecule has 2 heteroatoms. The smallest absolute Gasteiger partial charge is 0.191 e. The Balaban J connectivity index is 1.72. The van der Waals surface area contributed by atoms with Gasteiger partial charge in [-0.15, -0.1) is 0 Å². The van der Waals surface area contributed by atoms with Gasteiger partial charge < -0.3 is 0 Å². The average Bonchev–Trinajstić information content (AvgIpc) is 2.75. The molecule has 2 nitrogen and oxygen atoms in total. The van der Waals surface area contributed by atoms with Crippen molar-refractivity contribution in [3.8, 4) is 22.5 Å². The summed E-state index contributed by atoms with van der Waals surface area (Å²) in [7, 11) is 0. The summed E-state index contributed by atoms with van der Waals surface area (Å²) >= 11 is 0. The van der Waals surface area contributed by atoms with Gasteiger partial charge in [0.15, 0.2) is 12.4 Å². The van der Waals surface area contributed by atoms with E-state index in [4.69, 9.17) is 0 Å². The van der Waals surface area contributed by atoms with E-state index < -0.39 is 0 Å². The summed E-state index contributed by atoms with van der Waals surface area (Å²) in [5.74, 6) is 0. The Morgan fingerprint density at radius 3 is 1.79 bits per heavy atom. The minimum Gasteiger partial charge on any atom is -0.191 e. The van der Waals surface area contributed by atoms with Gasteiger partial charge in [0.25, 0.3) is 0 Å². The monoisotopic (exact) mass is 380 g/mol. The summed E-state index contributed by atoms with van der Waals surface area (Å²) in [6.45, 7) is 7.55. The van der Waals surface area contributed by atoms with Gasteiger partial charge in [-0.2, -0.15) is 9.13 Å². The van der Waals surface area contributed by atoms with Gasteiger partial charge >= 0.3 is 0 Å². The van der Waals surface area contributed by atoms with E-state index in [1.165, 1.54) is 33.6 Å². The zero-order chi connectivity index (χ0) is 20.2. The lowest BCUT2D eigenvalue weighted by Crippen LogP contribution is -2.49. The lowest BCUT2D eigenvalue weighted by Gasteiger charge is -2.12. The Morgan fingerprint density at radius 2 is 1.14 bits per heavy atom. The molecular formula is C27H28N2+2. The molecule has 2 aromatic carbocycles. The van der Waals surface area contributed by atoms with Crippen LogP contribution < -0.4 is 9.13 Å². The summed E-state index contributed by atoms with van der Waals surface area (Å²) in [6, 6.07) is 30.4. The Hall–Kier alpha value is -3.26. The minimum atomic E-state index is 0.306. The maximum absolute atomic E-state index is 2.39. The number of hydrogen-bond acceptors (Lipinski definition) is 0. The molecule has 0 fully saturated rings. The van der Waals surface area contributed by atoms with Gasteiger partial charge in [-0.1, -0.05) is 36.4 Å². The number of aromatic nitrogens is 2. The quantitative estimate of drug-likeness (QED) is 0.405. The average molecular weight is 381 g/mol. The van der Waals surface area contributed by atoms with Crippen LogP contribution in [0.1, 0.15) is 24.1 Å². The molecule has 1 atom stereocenters. The summed E-state index contributed by atoms with van der Waals surface area (Å²) in [5, 5.41) is 0. The largest absolute Gasteiger partial charge is 0.214 e. The van der Waals surface area contributed by atoms with E-state index in [1.807, 2.05) is 0 Å². The van der Waals surface area contributed by atoms with Gasteiger partial charge in [-0.05, 0) is 49.2 Å². The molecular weight excluding hydrogens is 352 g/mol. The molecule has 0 bridgehead atoms. The van der Waals surface area contributed by atoms with Crippen LogP contribution in [0, 0.1) is 13.8 Å². The third-order valence-corrected chi connectivity index (χ3v) is 5.61. The number of hydrogen-bond donors (Lipinski definition) is 0. The molecule has 0 amide bonds. The second-order valence-corrected chi connectivity index (χ2v) is 7.71. The summed E-state index contributed by atoms with van der Waals surface area (Å²) in [6.07, 6.45) is 4.39. The third kappa shape index (κ3) is 3.97. The number of benzene rings is 2. The normalized spacial score (nSPS) is 12.0. The van der Waals surface area contributed by atoms with Crippen molar-refractivity contribution in [1.29, 1.82) is 0 Å². The van der Waals surface area contributed by atoms with Gasteiger partial charge in [0, 0.05) is 42.3 Å². The number of nitrogens with zero attached hydrogens (tertiary/aromatic N) is 2. The van der Waals surface area contributed by atoms with Crippen molar-refractivity contribution in [1.82, 2.24) is 0 Å². The SMILES string of the molecule is Cc1ccccc1-c1cccc[n+]1CC(C)[n+]1ccccc1-c1ccccc1C. The zero-order valence-electron chi connectivity index (χ0n) is 17.4. The van der Waals surface area contributed by atoms with Crippen molar-refractivity contribution in [3.63, 3.8) is 0 Å². The van der Waals surface area contributed by atoms with E-state index in [2.05, 4.69) is 127 Å². The van der Waals surface area contributed by atoms with E-state index in [0.29, 0.717) is 6.04 Å². The molecule has 0 radical (unpaired) electrons. The second-order valence-electron chi connectivity index (χ2n) is 7.71. The molecule has 0 aliphatic carbocycles. The highest BCUT2D eigenvalue weighted by Gasteiger charge is 2.25. The highest BCUT2D eigenvalue weighted by molar-refractivity contribution is 5.61. The fourth-order valence-electron chi connectivity index (χ4n) is 4.04. The molecule has 0 aliphatic rings. The van der Waals surface area contributed by atoms with E-state index in [0.717, 1.165) is 6.54 Å². The Bertz CT molecular complexity index is 1130. The summed E-state index contributed by atoms with van der Waals surface area (Å²) in [4.78, 5) is 0. The topological polar surface area (TPSA) is 7.76 Å². The first-order valence-corrected chi connectivity index (χ1v) is 10.3. The van der Waals surface area contributed by atoms with E-state index in [-0.39, 0.29) is 0 Å². The molecule has 0 saturated heterocycles. The van der Waals surface area contributed by atoms with Crippen LogP contribution in [0.15, 0.2) is 97.3 Å². The van der Waals surface area contributed by atoms with E-state index in [1.54, 1.807) is 0 Å². The van der Waals surface area contributed by atoms with Crippen molar-refractivity contribution in [2.45, 2.75) is 33.4 Å². The van der Waals surface area contributed by atoms with Crippen molar-refractivity contribution >= 4 is 0 Å². The van der Waals surface area contributed by atoms with Crippen molar-refractivity contribution in [3.05, 3.63) is 108 Å². The lowest BCUT2D eigenvalue weighted by molar-refractivity contribution is -0.785. The minimum absolute atomic E-state index is 0.306. The molecule has 29 heavy (non-hydrogen) atoms. The lowest BCUT2D eigenvalue weighted by atomic mass is 10.0. The van der Waals surface area contributed by atoms with Crippen LogP contribution in [-0.4, -0.2) is 0 Å². The fourth-order valence-corrected chi connectivity index (χ4v) is 4.04. The van der Waals surface area contributed by atoms with Gasteiger partial charge in [0.1, 0.15) is 0 Å². The van der Waals surface area contributed by atoms with Crippen molar-refractivity contribution < 1.29 is 9.13 Å². The molecule has 0 aliphatic heterocycles. The van der Waals surface area contributed by atoms with Crippen molar-refractivity contribution in [2.75, 3.05) is 0 Å². The molecule has 4 aromatic rings. The highest BCUT2D eigenvalue weighted by Crippen LogP contribution is 2.22. The molecule has 2 heterocycles. The van der Waals surface area contributed by atoms with Crippen LogP contribution in [-0.2, 0) is 6.54 Å². The van der Waals surface area contributed by atoms with Gasteiger partial charge in [-0.25, -0.2) is 0 Å². The first kappa shape index (κ1) is 19.1. The van der Waals surface area contributed by atoms with Crippen LogP contribution >= 0.6 is 0 Å². The predicted octanol–water partition coefficient (Wildman–Crippen LogP) is 5.47. The molecule has 1 unspecified atom stereocenters. The fraction of sp³-hybridized carbons (Fsp3) is 0.185. The molecule has 144 valence electrons. The molecule has 0 spiro atoms. The first-order valence-electron chi connectivity index (χ1n) is 10.3. The molecule has 0 saturated carbocycles. The zero-order valence-corrected chi connectivity index (χ0v) is 17.4. The van der Waals surface area contributed by atoms with E-state index in [9.17, 15) is 0 Å². The van der Waals surface area contributed by atoms with Crippen LogP contribution in [0.5, 0.6) is 0 Å².